The first-order valence-corrected chi connectivity index (χ1v) is 17.4. The van der Waals surface area contributed by atoms with E-state index < -0.39 is 0 Å². The van der Waals surface area contributed by atoms with E-state index in [4.69, 9.17) is 18.9 Å². The number of hydrogen-bond donors (Lipinski definition) is 0. The summed E-state index contributed by atoms with van der Waals surface area (Å²) in [4.78, 5) is 4.25. The number of rotatable bonds is 8. The van der Waals surface area contributed by atoms with E-state index in [1.165, 1.54) is 11.1 Å². The summed E-state index contributed by atoms with van der Waals surface area (Å²) in [6.07, 6.45) is 0. The van der Waals surface area contributed by atoms with Gasteiger partial charge in [-0.15, -0.1) is 0 Å². The molecule has 260 valence electrons. The molecule has 53 heavy (non-hydrogen) atoms. The lowest BCUT2D eigenvalue weighted by atomic mass is 9.78. The fraction of sp³-hybridized carbons (Fsp3) is 0.156. The zero-order valence-electron chi connectivity index (χ0n) is 29.5. The van der Waals surface area contributed by atoms with Crippen LogP contribution in [0.25, 0.3) is 0 Å². The van der Waals surface area contributed by atoms with Gasteiger partial charge in [0.15, 0.2) is 13.5 Å². The van der Waals surface area contributed by atoms with Gasteiger partial charge in [-0.05, 0) is 120 Å². The van der Waals surface area contributed by atoms with Gasteiger partial charge in [0.2, 0.25) is 0 Å². The van der Waals surface area contributed by atoms with Crippen LogP contribution in [-0.4, -0.2) is 13.5 Å². The van der Waals surface area contributed by atoms with Crippen LogP contribution < -0.4 is 28.7 Å². The molecule has 0 aliphatic carbocycles. The molecule has 2 aliphatic heterocycles. The van der Waals surface area contributed by atoms with Crippen molar-refractivity contribution in [3.63, 3.8) is 0 Å². The van der Waals surface area contributed by atoms with Crippen molar-refractivity contribution < 1.29 is 18.9 Å². The van der Waals surface area contributed by atoms with Crippen LogP contribution in [0.15, 0.2) is 133 Å². The lowest BCUT2D eigenvalue weighted by Crippen LogP contribution is -2.31. The molecule has 0 atom stereocenters. The highest BCUT2D eigenvalue weighted by molar-refractivity contribution is 5.55. The predicted octanol–water partition coefficient (Wildman–Crippen LogP) is 10.1. The van der Waals surface area contributed by atoms with Gasteiger partial charge in [-0.25, -0.2) is 0 Å². The third kappa shape index (κ3) is 7.04. The highest BCUT2D eigenvalue weighted by Gasteiger charge is 2.24. The zero-order valence-corrected chi connectivity index (χ0v) is 29.5. The molecular weight excluding hydrogens is 661 g/mol. The number of anilines is 2. The van der Waals surface area contributed by atoms with Crippen molar-refractivity contribution in [2.24, 2.45) is 0 Å². The monoisotopic (exact) mass is 696 g/mol. The van der Waals surface area contributed by atoms with Gasteiger partial charge in [-0.1, -0.05) is 38.1 Å². The molecule has 8 rings (SSSR count). The molecule has 0 fully saturated rings. The van der Waals surface area contributed by atoms with Crippen LogP contribution in [-0.2, 0) is 18.5 Å². The first-order chi connectivity index (χ1) is 25.8. The van der Waals surface area contributed by atoms with E-state index in [0.717, 1.165) is 57.0 Å². The maximum Gasteiger partial charge on any atom is 0.161 e. The van der Waals surface area contributed by atoms with Crippen LogP contribution in [0, 0.1) is 22.7 Å². The Hall–Kier alpha value is -6.90. The van der Waals surface area contributed by atoms with Gasteiger partial charge in [-0.2, -0.15) is 10.5 Å². The summed E-state index contributed by atoms with van der Waals surface area (Å²) in [6.45, 7) is 6.65. The van der Waals surface area contributed by atoms with Crippen LogP contribution in [0.5, 0.6) is 34.5 Å². The van der Waals surface area contributed by atoms with Crippen LogP contribution in [0.1, 0.15) is 47.2 Å². The average Bonchev–Trinajstić information content (AvgIpc) is 3.21. The normalized spacial score (nSPS) is 13.4. The molecular formula is C45H36N4O4. The maximum absolute atomic E-state index is 9.26. The lowest BCUT2D eigenvalue weighted by molar-refractivity contribution is 0.289. The van der Waals surface area contributed by atoms with E-state index in [9.17, 15) is 10.5 Å². The average molecular weight is 697 g/mol. The standard InChI is InChI=1S/C45H36N4O4/c1-45(2,35-5-13-39(14-6-35)52-41-17-9-37(10-18-41)48-27-33-23-31(25-46)3-21-43(33)50-29-48)36-7-15-40(16-8-36)53-42-19-11-38(12-20-42)49-28-34-24-32(26-47)4-22-44(34)51-30-49/h3-24H,27-30H2,1-2H3. The quantitative estimate of drug-likeness (QED) is 0.155. The van der Waals surface area contributed by atoms with Crippen molar-refractivity contribution in [3.8, 4) is 46.6 Å². The summed E-state index contributed by atoms with van der Waals surface area (Å²) in [7, 11) is 0. The Morgan fingerprint density at radius 3 is 1.23 bits per heavy atom. The van der Waals surface area contributed by atoms with Crippen LogP contribution >= 0.6 is 0 Å². The third-order valence-corrected chi connectivity index (χ3v) is 9.88. The summed E-state index contributed by atoms with van der Waals surface area (Å²) in [5, 5.41) is 18.5. The Labute approximate surface area is 309 Å². The molecule has 0 radical (unpaired) electrons. The van der Waals surface area contributed by atoms with Gasteiger partial charge in [0.05, 0.1) is 23.3 Å². The van der Waals surface area contributed by atoms with Crippen molar-refractivity contribution in [3.05, 3.63) is 167 Å². The van der Waals surface area contributed by atoms with Gasteiger partial charge in [0.1, 0.15) is 34.5 Å². The molecule has 0 spiro atoms. The molecule has 0 aromatic heterocycles. The van der Waals surface area contributed by atoms with Crippen molar-refractivity contribution in [2.45, 2.75) is 32.4 Å². The number of nitrogens with zero attached hydrogens (tertiary/aromatic N) is 4. The summed E-state index contributed by atoms with van der Waals surface area (Å²) in [5.74, 6) is 4.67. The number of benzene rings is 6. The minimum atomic E-state index is -0.243. The molecule has 2 aliphatic rings. The molecule has 0 saturated carbocycles. The highest BCUT2D eigenvalue weighted by Crippen LogP contribution is 2.36. The van der Waals surface area contributed by atoms with Crippen molar-refractivity contribution >= 4 is 11.4 Å². The molecule has 8 nitrogen and oxygen atoms in total. The van der Waals surface area contributed by atoms with E-state index in [0.29, 0.717) is 37.7 Å². The second-order valence-corrected chi connectivity index (χ2v) is 13.7. The van der Waals surface area contributed by atoms with E-state index in [-0.39, 0.29) is 5.41 Å². The summed E-state index contributed by atoms with van der Waals surface area (Å²) in [6, 6.07) is 47.9. The molecule has 6 aromatic rings. The van der Waals surface area contributed by atoms with E-state index >= 15 is 0 Å². The number of fused-ring (bicyclic) bond motifs is 2. The third-order valence-electron chi connectivity index (χ3n) is 9.88. The Morgan fingerprint density at radius 2 is 0.868 bits per heavy atom. The SMILES string of the molecule is CC(C)(c1ccc(Oc2ccc(N3COc4ccc(C#N)cc4C3)cc2)cc1)c1ccc(Oc2ccc(N3COc4ccc(C#N)cc4C3)cc2)cc1. The van der Waals surface area contributed by atoms with Crippen molar-refractivity contribution in [2.75, 3.05) is 23.3 Å². The Morgan fingerprint density at radius 1 is 0.509 bits per heavy atom. The van der Waals surface area contributed by atoms with E-state index in [2.05, 4.69) is 60.1 Å². The topological polar surface area (TPSA) is 91.0 Å². The van der Waals surface area contributed by atoms with Gasteiger partial charge in [0, 0.05) is 41.0 Å². The number of nitriles is 2. The smallest absolute Gasteiger partial charge is 0.161 e. The molecule has 6 aromatic carbocycles. The van der Waals surface area contributed by atoms with E-state index in [1.807, 2.05) is 97.1 Å². The molecule has 2 heterocycles. The fourth-order valence-electron chi connectivity index (χ4n) is 6.72. The molecule has 8 heteroatoms. The van der Waals surface area contributed by atoms with Crippen molar-refractivity contribution in [1.82, 2.24) is 0 Å². The number of hydrogen-bond acceptors (Lipinski definition) is 8. The molecule has 0 amide bonds. The molecule has 0 bridgehead atoms. The minimum absolute atomic E-state index is 0.243. The summed E-state index contributed by atoms with van der Waals surface area (Å²) < 4.78 is 24.2. The highest BCUT2D eigenvalue weighted by atomic mass is 16.5. The Balaban J connectivity index is 0.865. The summed E-state index contributed by atoms with van der Waals surface area (Å²) in [5.41, 5.74) is 7.39. The predicted molar refractivity (Wildman–Crippen MR) is 204 cm³/mol. The van der Waals surface area contributed by atoms with Crippen LogP contribution in [0.3, 0.4) is 0 Å². The second kappa shape index (κ2) is 14.0. The molecule has 0 unspecified atom stereocenters. The van der Waals surface area contributed by atoms with Gasteiger partial charge in [0.25, 0.3) is 0 Å². The van der Waals surface area contributed by atoms with E-state index in [1.54, 1.807) is 12.1 Å². The van der Waals surface area contributed by atoms with Crippen molar-refractivity contribution in [1.29, 1.82) is 10.5 Å². The fourth-order valence-corrected chi connectivity index (χ4v) is 6.72. The number of ether oxygens (including phenoxy) is 4. The first kappa shape index (κ1) is 33.3. The lowest BCUT2D eigenvalue weighted by Gasteiger charge is -2.31. The Bertz CT molecular complexity index is 2170. The van der Waals surface area contributed by atoms with Gasteiger partial charge >= 0.3 is 0 Å². The summed E-state index contributed by atoms with van der Waals surface area (Å²) >= 11 is 0. The minimum Gasteiger partial charge on any atom is -0.473 e. The van der Waals surface area contributed by atoms with Gasteiger partial charge < -0.3 is 28.7 Å². The van der Waals surface area contributed by atoms with Crippen LogP contribution in [0.4, 0.5) is 11.4 Å². The largest absolute Gasteiger partial charge is 0.473 e. The Kier molecular flexibility index (Phi) is 8.80. The second-order valence-electron chi connectivity index (χ2n) is 13.7. The molecule has 0 saturated heterocycles. The van der Waals surface area contributed by atoms with Gasteiger partial charge in [-0.3, -0.25) is 0 Å². The molecule has 0 N–H and O–H groups in total. The van der Waals surface area contributed by atoms with Crippen LogP contribution in [0.2, 0.25) is 0 Å². The zero-order chi connectivity index (χ0) is 36.4. The maximum atomic E-state index is 9.26. The first-order valence-electron chi connectivity index (χ1n) is 17.4.